The van der Waals surface area contributed by atoms with E-state index in [-0.39, 0.29) is 5.78 Å². The van der Waals surface area contributed by atoms with Gasteiger partial charge in [0.15, 0.2) is 5.76 Å². The number of hydrogen-bond donors (Lipinski definition) is 0. The largest absolute Gasteiger partial charge is 0.497 e. The number of carbonyl (C=O) groups is 1. The predicted molar refractivity (Wildman–Crippen MR) is 78.1 cm³/mol. The van der Waals surface area contributed by atoms with Gasteiger partial charge in [0, 0.05) is 5.56 Å². The molecule has 0 saturated carbocycles. The number of carbonyl (C=O) groups excluding carboxylic acids is 1. The second-order valence-corrected chi connectivity index (χ2v) is 10.5. The van der Waals surface area contributed by atoms with Crippen LogP contribution in [0.1, 0.15) is 16.1 Å². The normalized spacial score (nSPS) is 11.4. The van der Waals surface area contributed by atoms with Crippen LogP contribution in [0, 0.1) is 0 Å². The van der Waals surface area contributed by atoms with Gasteiger partial charge in [0.05, 0.1) is 12.5 Å². The molecule has 0 N–H and O–H groups in total. The number of furan rings is 1. The lowest BCUT2D eigenvalue weighted by molar-refractivity contribution is 0.101. The maximum atomic E-state index is 12.3. The van der Waals surface area contributed by atoms with E-state index in [4.69, 9.17) is 9.15 Å². The first-order chi connectivity index (χ1) is 8.91. The predicted octanol–water partition coefficient (Wildman–Crippen LogP) is 3.06. The SMILES string of the molecule is COc1ccc(C(=O)c2ccc([Si](C)(C)C)o2)cc1. The van der Waals surface area contributed by atoms with Gasteiger partial charge in [-0.2, -0.15) is 0 Å². The van der Waals surface area contributed by atoms with E-state index in [0.717, 1.165) is 11.1 Å². The zero-order valence-electron chi connectivity index (χ0n) is 11.7. The smallest absolute Gasteiger partial charge is 0.228 e. The fraction of sp³-hybridized carbons (Fsp3) is 0.267. The van der Waals surface area contributed by atoms with Crippen LogP contribution in [0.3, 0.4) is 0 Å². The molecule has 0 amide bonds. The Morgan fingerprint density at radius 1 is 1.05 bits per heavy atom. The summed E-state index contributed by atoms with van der Waals surface area (Å²) in [7, 11) is 0.0879. The van der Waals surface area contributed by atoms with Crippen molar-refractivity contribution < 1.29 is 13.9 Å². The molecule has 1 aromatic carbocycles. The van der Waals surface area contributed by atoms with E-state index < -0.39 is 8.07 Å². The van der Waals surface area contributed by atoms with E-state index in [9.17, 15) is 4.79 Å². The zero-order chi connectivity index (χ0) is 14.0. The standard InChI is InChI=1S/C15H18O3Si/c1-17-12-7-5-11(6-8-12)15(16)13-9-10-14(18-13)19(2,3)4/h5-10H,1-4H3. The molecule has 0 spiro atoms. The molecule has 4 heteroatoms. The van der Waals surface area contributed by atoms with Crippen LogP contribution in [-0.4, -0.2) is 21.0 Å². The molecule has 0 radical (unpaired) electrons. The fourth-order valence-electron chi connectivity index (χ4n) is 1.75. The molecule has 100 valence electrons. The molecule has 0 bridgehead atoms. The summed E-state index contributed by atoms with van der Waals surface area (Å²) in [6.45, 7) is 6.56. The Bertz CT molecular complexity index is 576. The van der Waals surface area contributed by atoms with Crippen molar-refractivity contribution in [1.82, 2.24) is 0 Å². The molecule has 19 heavy (non-hydrogen) atoms. The van der Waals surface area contributed by atoms with Gasteiger partial charge in [-0.15, -0.1) is 0 Å². The quantitative estimate of drug-likeness (QED) is 0.635. The van der Waals surface area contributed by atoms with Crippen molar-refractivity contribution in [2.45, 2.75) is 19.6 Å². The molecule has 0 atom stereocenters. The van der Waals surface area contributed by atoms with Crippen LogP contribution >= 0.6 is 0 Å². The number of methoxy groups -OCH3 is 1. The van der Waals surface area contributed by atoms with Crippen LogP contribution in [0.5, 0.6) is 5.75 Å². The summed E-state index contributed by atoms with van der Waals surface area (Å²) in [6, 6.07) is 10.7. The first-order valence-electron chi connectivity index (χ1n) is 6.21. The highest BCUT2D eigenvalue weighted by atomic mass is 28.3. The van der Waals surface area contributed by atoms with Gasteiger partial charge in [-0.1, -0.05) is 19.6 Å². The van der Waals surface area contributed by atoms with E-state index >= 15 is 0 Å². The molecule has 0 aliphatic carbocycles. The van der Waals surface area contributed by atoms with Gasteiger partial charge in [-0.3, -0.25) is 4.79 Å². The average Bonchev–Trinajstić information content (AvgIpc) is 2.87. The summed E-state index contributed by atoms with van der Waals surface area (Å²) >= 11 is 0. The highest BCUT2D eigenvalue weighted by Crippen LogP contribution is 2.16. The van der Waals surface area contributed by atoms with E-state index in [1.54, 1.807) is 37.4 Å². The number of ether oxygens (including phenoxy) is 1. The van der Waals surface area contributed by atoms with Crippen LogP contribution in [0.4, 0.5) is 0 Å². The molecular weight excluding hydrogens is 256 g/mol. The third-order valence-corrected chi connectivity index (χ3v) is 4.67. The van der Waals surface area contributed by atoms with E-state index in [0.29, 0.717) is 11.3 Å². The molecule has 2 rings (SSSR count). The Hall–Kier alpha value is -1.81. The molecule has 0 aliphatic rings. The molecule has 1 heterocycles. The topological polar surface area (TPSA) is 39.4 Å². The fourth-order valence-corrected chi connectivity index (χ4v) is 2.75. The zero-order valence-corrected chi connectivity index (χ0v) is 12.7. The third-order valence-electron chi connectivity index (χ3n) is 2.92. The minimum Gasteiger partial charge on any atom is -0.497 e. The van der Waals surface area contributed by atoms with Crippen molar-refractivity contribution in [1.29, 1.82) is 0 Å². The van der Waals surface area contributed by atoms with Gasteiger partial charge in [-0.25, -0.2) is 0 Å². The van der Waals surface area contributed by atoms with Gasteiger partial charge in [-0.05, 0) is 36.4 Å². The highest BCUT2D eigenvalue weighted by molar-refractivity contribution is 6.87. The van der Waals surface area contributed by atoms with Crippen LogP contribution < -0.4 is 10.1 Å². The van der Waals surface area contributed by atoms with E-state index in [1.165, 1.54) is 0 Å². The van der Waals surface area contributed by atoms with Crippen molar-refractivity contribution in [2.24, 2.45) is 0 Å². The Kier molecular flexibility index (Phi) is 3.62. The lowest BCUT2D eigenvalue weighted by atomic mass is 10.1. The van der Waals surface area contributed by atoms with E-state index in [1.807, 2.05) is 6.07 Å². The number of hydrogen-bond acceptors (Lipinski definition) is 3. The first kappa shape index (κ1) is 13.6. The molecule has 0 unspecified atom stereocenters. The van der Waals surface area contributed by atoms with Gasteiger partial charge in [0.25, 0.3) is 0 Å². The van der Waals surface area contributed by atoms with Crippen molar-refractivity contribution in [3.63, 3.8) is 0 Å². The Labute approximate surface area is 114 Å². The van der Waals surface area contributed by atoms with Crippen LogP contribution in [0.2, 0.25) is 19.6 Å². The molecule has 3 nitrogen and oxygen atoms in total. The molecule has 1 aromatic heterocycles. The van der Waals surface area contributed by atoms with Gasteiger partial charge in [0.1, 0.15) is 13.8 Å². The highest BCUT2D eigenvalue weighted by Gasteiger charge is 2.23. The number of benzene rings is 1. The molecule has 0 saturated heterocycles. The Morgan fingerprint density at radius 3 is 2.16 bits per heavy atom. The second-order valence-electron chi connectivity index (χ2n) is 5.47. The summed E-state index contributed by atoms with van der Waals surface area (Å²) in [5.74, 6) is 1.05. The number of rotatable bonds is 4. The lowest BCUT2D eigenvalue weighted by Gasteiger charge is -2.11. The van der Waals surface area contributed by atoms with Crippen LogP contribution in [-0.2, 0) is 0 Å². The van der Waals surface area contributed by atoms with Crippen molar-refractivity contribution in [3.8, 4) is 5.75 Å². The van der Waals surface area contributed by atoms with Crippen molar-refractivity contribution in [2.75, 3.05) is 7.11 Å². The van der Waals surface area contributed by atoms with Crippen LogP contribution in [0.25, 0.3) is 0 Å². The summed E-state index contributed by atoms with van der Waals surface area (Å²) in [4.78, 5) is 12.3. The summed E-state index contributed by atoms with van der Waals surface area (Å²) in [5, 5.41) is 0.948. The Morgan fingerprint density at radius 2 is 1.68 bits per heavy atom. The van der Waals surface area contributed by atoms with Gasteiger partial charge >= 0.3 is 0 Å². The maximum Gasteiger partial charge on any atom is 0.228 e. The van der Waals surface area contributed by atoms with Crippen molar-refractivity contribution in [3.05, 3.63) is 47.7 Å². The van der Waals surface area contributed by atoms with Gasteiger partial charge in [0.2, 0.25) is 5.78 Å². The third kappa shape index (κ3) is 2.96. The van der Waals surface area contributed by atoms with Crippen molar-refractivity contribution >= 4 is 19.2 Å². The average molecular weight is 274 g/mol. The summed E-state index contributed by atoms with van der Waals surface area (Å²) in [5.41, 5.74) is 0.609. The molecular formula is C15H18O3Si. The molecule has 0 fully saturated rings. The molecule has 2 aromatic rings. The maximum absolute atomic E-state index is 12.3. The Balaban J connectivity index is 2.26. The molecule has 0 aliphatic heterocycles. The van der Waals surface area contributed by atoms with Crippen LogP contribution in [0.15, 0.2) is 40.8 Å². The first-order valence-corrected chi connectivity index (χ1v) is 9.71. The monoisotopic (exact) mass is 274 g/mol. The second kappa shape index (κ2) is 5.05. The summed E-state index contributed by atoms with van der Waals surface area (Å²) < 4.78 is 10.8. The van der Waals surface area contributed by atoms with E-state index in [2.05, 4.69) is 19.6 Å². The summed E-state index contributed by atoms with van der Waals surface area (Å²) in [6.07, 6.45) is 0. The number of ketones is 1. The lowest BCUT2D eigenvalue weighted by Crippen LogP contribution is -2.36. The minimum atomic E-state index is -1.51. The minimum absolute atomic E-state index is 0.0906. The van der Waals surface area contributed by atoms with Gasteiger partial charge < -0.3 is 9.15 Å².